The van der Waals surface area contributed by atoms with E-state index in [1.54, 1.807) is 36.4 Å². The summed E-state index contributed by atoms with van der Waals surface area (Å²) in [6.07, 6.45) is -0.952. The Balaban J connectivity index is 1.63. The third kappa shape index (κ3) is 4.46. The van der Waals surface area contributed by atoms with E-state index >= 15 is 0 Å². The quantitative estimate of drug-likeness (QED) is 0.624. The lowest BCUT2D eigenvalue weighted by atomic mass is 10.1. The normalized spacial score (nSPS) is 12.1. The summed E-state index contributed by atoms with van der Waals surface area (Å²) in [6.45, 7) is 1.48. The van der Waals surface area contributed by atoms with Crippen molar-refractivity contribution in [2.24, 2.45) is 0 Å². The molecule has 0 aliphatic heterocycles. The van der Waals surface area contributed by atoms with Gasteiger partial charge in [-0.1, -0.05) is 30.3 Å². The molecule has 0 heterocycles. The van der Waals surface area contributed by atoms with Crippen LogP contribution in [0.3, 0.4) is 0 Å². The molecule has 0 unspecified atom stereocenters. The first-order chi connectivity index (χ1) is 13.4. The van der Waals surface area contributed by atoms with Gasteiger partial charge < -0.3 is 4.74 Å². The second-order valence-corrected chi connectivity index (χ2v) is 7.68. The van der Waals surface area contributed by atoms with Crippen molar-refractivity contribution in [3.8, 4) is 11.8 Å². The summed E-state index contributed by atoms with van der Waals surface area (Å²) >= 11 is 0. The number of carbonyl (C=O) groups excluding carboxylic acids is 1. The van der Waals surface area contributed by atoms with Crippen LogP contribution in [-0.4, -0.2) is 20.4 Å². The van der Waals surface area contributed by atoms with E-state index in [-0.39, 0.29) is 4.90 Å². The highest BCUT2D eigenvalue weighted by Gasteiger charge is 2.19. The molecule has 3 aromatic carbocycles. The van der Waals surface area contributed by atoms with Crippen LogP contribution in [0, 0.1) is 11.3 Å². The molecule has 0 saturated heterocycles. The minimum atomic E-state index is -3.94. The molecule has 0 spiro atoms. The molecule has 7 nitrogen and oxygen atoms in total. The maximum atomic E-state index is 12.4. The molecule has 0 aliphatic rings. The summed E-state index contributed by atoms with van der Waals surface area (Å²) in [5.41, 5.74) is 2.62. The third-order valence-electron chi connectivity index (χ3n) is 4.01. The van der Waals surface area contributed by atoms with Crippen LogP contribution in [-0.2, 0) is 14.8 Å². The third-order valence-corrected chi connectivity index (χ3v) is 5.25. The van der Waals surface area contributed by atoms with E-state index in [9.17, 15) is 13.2 Å². The zero-order chi connectivity index (χ0) is 20.1. The molecule has 0 aromatic heterocycles. The highest BCUT2D eigenvalue weighted by molar-refractivity contribution is 7.89. The number of fused-ring (bicyclic) bond motifs is 1. The Kier molecular flexibility index (Phi) is 5.59. The van der Waals surface area contributed by atoms with Crippen LogP contribution in [0.25, 0.3) is 10.8 Å². The van der Waals surface area contributed by atoms with Crippen LogP contribution in [0.15, 0.2) is 71.6 Å². The van der Waals surface area contributed by atoms with Gasteiger partial charge in [0.05, 0.1) is 16.5 Å². The standard InChI is InChI=1S/C20H17N3O4S/c1-14(27-18-9-6-15(13-21)7-10-18)20(24)22-23-28(25,26)19-11-8-16-4-2-3-5-17(16)12-19/h2-12,14,23H,1H3,(H,22,24)/t14-/m1/s1. The second kappa shape index (κ2) is 8.08. The summed E-state index contributed by atoms with van der Waals surface area (Å²) in [6, 6.07) is 20.3. The number of sulfonamides is 1. The molecule has 8 heteroatoms. The van der Waals surface area contributed by atoms with E-state index in [0.717, 1.165) is 10.8 Å². The van der Waals surface area contributed by atoms with E-state index in [4.69, 9.17) is 10.00 Å². The minimum Gasteiger partial charge on any atom is -0.481 e. The first-order valence-electron chi connectivity index (χ1n) is 8.36. The summed E-state index contributed by atoms with van der Waals surface area (Å²) in [5.74, 6) is -0.271. The van der Waals surface area contributed by atoms with Gasteiger partial charge in [-0.05, 0) is 54.1 Å². The molecule has 142 valence electrons. The lowest BCUT2D eigenvalue weighted by Gasteiger charge is -2.15. The number of carbonyl (C=O) groups is 1. The maximum absolute atomic E-state index is 12.4. The van der Waals surface area contributed by atoms with Gasteiger partial charge in [0.2, 0.25) is 0 Å². The molecule has 0 aliphatic carbocycles. The molecule has 3 rings (SSSR count). The van der Waals surface area contributed by atoms with E-state index in [0.29, 0.717) is 11.3 Å². The number of rotatable bonds is 6. The largest absolute Gasteiger partial charge is 0.481 e. The van der Waals surface area contributed by atoms with Gasteiger partial charge in [-0.3, -0.25) is 10.2 Å². The first kappa shape index (κ1) is 19.4. The van der Waals surface area contributed by atoms with Crippen molar-refractivity contribution in [1.82, 2.24) is 10.3 Å². The predicted molar refractivity (Wildman–Crippen MR) is 104 cm³/mol. The Labute approximate surface area is 162 Å². The molecular weight excluding hydrogens is 378 g/mol. The Morgan fingerprint density at radius 2 is 1.71 bits per heavy atom. The Morgan fingerprint density at radius 1 is 1.04 bits per heavy atom. The number of hydrogen-bond acceptors (Lipinski definition) is 5. The molecule has 1 amide bonds. The van der Waals surface area contributed by atoms with Crippen molar-refractivity contribution in [2.75, 3.05) is 0 Å². The molecule has 2 N–H and O–H groups in total. The van der Waals surface area contributed by atoms with Crippen molar-refractivity contribution in [3.63, 3.8) is 0 Å². The summed E-state index contributed by atoms with van der Waals surface area (Å²) in [7, 11) is -3.94. The fraction of sp³-hybridized carbons (Fsp3) is 0.100. The number of benzene rings is 3. The van der Waals surface area contributed by atoms with Crippen molar-refractivity contribution in [1.29, 1.82) is 5.26 Å². The smallest absolute Gasteiger partial charge is 0.275 e. The lowest BCUT2D eigenvalue weighted by Crippen LogP contribution is -2.47. The lowest BCUT2D eigenvalue weighted by molar-refractivity contribution is -0.127. The van der Waals surface area contributed by atoms with Crippen molar-refractivity contribution in [2.45, 2.75) is 17.9 Å². The number of hydrazine groups is 1. The van der Waals surface area contributed by atoms with Crippen molar-refractivity contribution >= 4 is 26.7 Å². The topological polar surface area (TPSA) is 108 Å². The molecular formula is C20H17N3O4S. The predicted octanol–water partition coefficient (Wildman–Crippen LogP) is 2.49. The summed E-state index contributed by atoms with van der Waals surface area (Å²) in [4.78, 5) is 14.3. The van der Waals surface area contributed by atoms with Crippen molar-refractivity contribution in [3.05, 3.63) is 72.3 Å². The number of nitrogens with one attached hydrogen (secondary N) is 2. The second-order valence-electron chi connectivity index (χ2n) is 6.00. The van der Waals surface area contributed by atoms with Crippen LogP contribution >= 0.6 is 0 Å². The first-order valence-corrected chi connectivity index (χ1v) is 9.85. The molecule has 0 fully saturated rings. The van der Waals surface area contributed by atoms with Gasteiger partial charge in [0.15, 0.2) is 6.10 Å². The molecule has 3 aromatic rings. The molecule has 28 heavy (non-hydrogen) atoms. The highest BCUT2D eigenvalue weighted by Crippen LogP contribution is 2.18. The Morgan fingerprint density at radius 3 is 2.39 bits per heavy atom. The molecule has 0 radical (unpaired) electrons. The zero-order valence-electron chi connectivity index (χ0n) is 14.9. The van der Waals surface area contributed by atoms with Crippen LogP contribution in [0.2, 0.25) is 0 Å². The molecule has 0 bridgehead atoms. The minimum absolute atomic E-state index is 0.0344. The van der Waals surface area contributed by atoms with Crippen LogP contribution < -0.4 is 15.0 Å². The van der Waals surface area contributed by atoms with Crippen molar-refractivity contribution < 1.29 is 17.9 Å². The van der Waals surface area contributed by atoms with E-state index < -0.39 is 22.0 Å². The fourth-order valence-corrected chi connectivity index (χ4v) is 3.36. The van der Waals surface area contributed by atoms with E-state index in [1.165, 1.54) is 19.1 Å². The monoisotopic (exact) mass is 395 g/mol. The summed E-state index contributed by atoms with van der Waals surface area (Å²) in [5, 5.41) is 10.5. The van der Waals surface area contributed by atoms with Gasteiger partial charge in [0.25, 0.3) is 15.9 Å². The van der Waals surface area contributed by atoms with Crippen LogP contribution in [0.4, 0.5) is 0 Å². The maximum Gasteiger partial charge on any atom is 0.275 e. The van der Waals surface area contributed by atoms with Crippen LogP contribution in [0.5, 0.6) is 5.75 Å². The van der Waals surface area contributed by atoms with Gasteiger partial charge in [-0.15, -0.1) is 4.83 Å². The van der Waals surface area contributed by atoms with E-state index in [2.05, 4.69) is 10.3 Å². The number of ether oxygens (including phenoxy) is 1. The van der Waals surface area contributed by atoms with Crippen LogP contribution in [0.1, 0.15) is 12.5 Å². The Hall–Kier alpha value is -3.41. The van der Waals surface area contributed by atoms with Gasteiger partial charge in [0, 0.05) is 0 Å². The number of nitriles is 1. The Bertz CT molecular complexity index is 1150. The SMILES string of the molecule is C[C@@H](Oc1ccc(C#N)cc1)C(=O)NNS(=O)(=O)c1ccc2ccccc2c1. The van der Waals surface area contributed by atoms with E-state index in [1.807, 2.05) is 24.3 Å². The average molecular weight is 395 g/mol. The highest BCUT2D eigenvalue weighted by atomic mass is 32.2. The number of amides is 1. The summed E-state index contributed by atoms with van der Waals surface area (Å²) < 4.78 is 30.3. The van der Waals surface area contributed by atoms with Gasteiger partial charge in [0.1, 0.15) is 5.75 Å². The molecule has 1 atom stereocenters. The zero-order valence-corrected chi connectivity index (χ0v) is 15.7. The van der Waals surface area contributed by atoms with Gasteiger partial charge in [-0.25, -0.2) is 8.42 Å². The number of hydrogen-bond donors (Lipinski definition) is 2. The fourth-order valence-electron chi connectivity index (χ4n) is 2.48. The average Bonchev–Trinajstić information content (AvgIpc) is 2.72. The van der Waals surface area contributed by atoms with Gasteiger partial charge >= 0.3 is 0 Å². The number of nitrogens with zero attached hydrogens (tertiary/aromatic N) is 1. The molecule has 0 saturated carbocycles. The van der Waals surface area contributed by atoms with Gasteiger partial charge in [-0.2, -0.15) is 5.26 Å².